The molecule has 12 aromatic rings. The third-order valence-corrected chi connectivity index (χ3v) is 14.8. The van der Waals surface area contributed by atoms with E-state index in [1.54, 1.807) is 0 Å². The quantitative estimate of drug-likeness (QED) is 0.160. The number of aromatic nitrogens is 2. The van der Waals surface area contributed by atoms with Crippen molar-refractivity contribution in [2.45, 2.75) is 55.4 Å². The van der Waals surface area contributed by atoms with Gasteiger partial charge in [0.05, 0.1) is 45.1 Å². The van der Waals surface area contributed by atoms with Crippen LogP contribution >= 0.6 is 0 Å². The SMILES string of the molecule is Cc1cc(C)cc(-c2ccc3c4ccc(-c5cc(C)cc(C)c5)cc4n(-c4cc(-c5cccc(C#N)c5)cc(-n5c6cc(-c7cc(C)cc(C)c7)ccc6c6ccc(-c7cc(C)cc(C)c7)cc65)c4C#N)c3c2)c1. The Labute approximate surface area is 433 Å². The molecule has 0 aliphatic heterocycles. The Bertz CT molecular complexity index is 3880. The van der Waals surface area contributed by atoms with Crippen LogP contribution in [0.2, 0.25) is 0 Å². The molecule has 0 unspecified atom stereocenters. The molecule has 2 heterocycles. The second kappa shape index (κ2) is 17.8. The van der Waals surface area contributed by atoms with Crippen molar-refractivity contribution in [3.63, 3.8) is 0 Å². The van der Waals surface area contributed by atoms with Gasteiger partial charge in [-0.1, -0.05) is 178 Å². The summed E-state index contributed by atoms with van der Waals surface area (Å²) in [5, 5.41) is 26.7. The third kappa shape index (κ3) is 8.03. The van der Waals surface area contributed by atoms with Crippen LogP contribution in [0.4, 0.5) is 0 Å². The van der Waals surface area contributed by atoms with Gasteiger partial charge in [-0.2, -0.15) is 10.5 Å². The van der Waals surface area contributed by atoms with Crippen molar-refractivity contribution in [1.29, 1.82) is 10.5 Å². The lowest BCUT2D eigenvalue weighted by atomic mass is 9.98. The molecule has 0 fully saturated rings. The molecule has 0 aliphatic rings. The number of nitrogens with zero attached hydrogens (tertiary/aromatic N) is 4. The van der Waals surface area contributed by atoms with E-state index in [4.69, 9.17) is 0 Å². The van der Waals surface area contributed by atoms with E-state index < -0.39 is 0 Å². The molecule has 0 spiro atoms. The van der Waals surface area contributed by atoms with Gasteiger partial charge in [-0.3, -0.25) is 0 Å². The summed E-state index contributed by atoms with van der Waals surface area (Å²) < 4.78 is 4.66. The summed E-state index contributed by atoms with van der Waals surface area (Å²) in [5.74, 6) is 0. The normalized spacial score (nSPS) is 11.5. The first kappa shape index (κ1) is 45.9. The van der Waals surface area contributed by atoms with Crippen LogP contribution in [-0.4, -0.2) is 9.13 Å². The van der Waals surface area contributed by atoms with Gasteiger partial charge in [-0.05, 0) is 160 Å². The minimum atomic E-state index is 0.532. The summed E-state index contributed by atoms with van der Waals surface area (Å²) in [6.07, 6.45) is 0. The zero-order valence-electron chi connectivity index (χ0n) is 43.1. The zero-order valence-corrected chi connectivity index (χ0v) is 43.1. The van der Waals surface area contributed by atoms with Gasteiger partial charge in [-0.15, -0.1) is 0 Å². The number of hydrogen-bond donors (Lipinski definition) is 0. The van der Waals surface area contributed by atoms with Crippen LogP contribution < -0.4 is 0 Å². The van der Waals surface area contributed by atoms with Gasteiger partial charge in [0.25, 0.3) is 0 Å². The van der Waals surface area contributed by atoms with Crippen LogP contribution in [-0.2, 0) is 0 Å². The second-order valence-corrected chi connectivity index (χ2v) is 20.8. The highest BCUT2D eigenvalue weighted by atomic mass is 15.0. The summed E-state index contributed by atoms with van der Waals surface area (Å²) in [4.78, 5) is 0. The van der Waals surface area contributed by atoms with Crippen LogP contribution in [0.5, 0.6) is 0 Å². The summed E-state index contributed by atoms with van der Waals surface area (Å²) >= 11 is 0. The van der Waals surface area contributed by atoms with Gasteiger partial charge in [0.2, 0.25) is 0 Å². The zero-order chi connectivity index (χ0) is 51.1. The summed E-state index contributed by atoms with van der Waals surface area (Å²) in [6, 6.07) is 71.4. The largest absolute Gasteiger partial charge is 0.308 e. The van der Waals surface area contributed by atoms with E-state index in [-0.39, 0.29) is 0 Å². The molecule has 354 valence electrons. The molecule has 0 aliphatic carbocycles. The maximum Gasteiger partial charge on any atom is 0.104 e. The molecule has 0 amide bonds. The van der Waals surface area contributed by atoms with E-state index in [9.17, 15) is 10.5 Å². The standard InChI is InChI=1S/C70H54N4/c1-41-20-42(2)25-55(24-41)51-12-16-60-61-17-13-52(56-26-43(3)21-44(4)27-56)34-66(61)73(65(60)33-51)69-37-59(50-11-9-10-49(32-50)39-71)38-70(64(69)40-72)74-67-35-53(57-28-45(5)22-46(6)29-57)14-18-62(67)63-19-15-54(36-68(63)74)58-30-47(7)23-48(8)31-58/h9-38H,1-8H3. The summed E-state index contributed by atoms with van der Waals surface area (Å²) in [6.45, 7) is 17.2. The molecule has 74 heavy (non-hydrogen) atoms. The fourth-order valence-corrected chi connectivity index (χ4v) is 11.9. The number of hydrogen-bond acceptors (Lipinski definition) is 2. The lowest BCUT2D eigenvalue weighted by Gasteiger charge is -2.19. The highest BCUT2D eigenvalue weighted by molar-refractivity contribution is 6.13. The minimum Gasteiger partial charge on any atom is -0.308 e. The molecule has 4 nitrogen and oxygen atoms in total. The topological polar surface area (TPSA) is 57.4 Å². The van der Waals surface area contributed by atoms with Crippen molar-refractivity contribution in [3.05, 3.63) is 238 Å². The highest BCUT2D eigenvalue weighted by Gasteiger charge is 2.24. The maximum atomic E-state index is 12.1. The van der Waals surface area contributed by atoms with Crippen LogP contribution in [0.15, 0.2) is 182 Å². The average molecular weight is 951 g/mol. The van der Waals surface area contributed by atoms with E-state index in [0.29, 0.717) is 11.1 Å². The number of rotatable bonds is 7. The first-order chi connectivity index (χ1) is 35.8. The van der Waals surface area contributed by atoms with Crippen molar-refractivity contribution in [3.8, 4) is 79.1 Å². The first-order valence-corrected chi connectivity index (χ1v) is 25.4. The van der Waals surface area contributed by atoms with Gasteiger partial charge in [0.15, 0.2) is 0 Å². The number of fused-ring (bicyclic) bond motifs is 6. The maximum absolute atomic E-state index is 12.1. The molecule has 10 aromatic carbocycles. The first-order valence-electron chi connectivity index (χ1n) is 25.4. The number of aryl methyl sites for hydroxylation is 8. The van der Waals surface area contributed by atoms with Crippen molar-refractivity contribution < 1.29 is 0 Å². The molecule has 4 heteroatoms. The van der Waals surface area contributed by atoms with Crippen molar-refractivity contribution in [2.75, 3.05) is 0 Å². The highest BCUT2D eigenvalue weighted by Crippen LogP contribution is 2.44. The average Bonchev–Trinajstić information content (AvgIpc) is 3.91. The van der Waals surface area contributed by atoms with Gasteiger partial charge in [-0.25, -0.2) is 0 Å². The smallest absolute Gasteiger partial charge is 0.104 e. The predicted molar refractivity (Wildman–Crippen MR) is 310 cm³/mol. The molecule has 0 bridgehead atoms. The van der Waals surface area contributed by atoms with Crippen LogP contribution in [0.3, 0.4) is 0 Å². The molecule has 0 saturated carbocycles. The lowest BCUT2D eigenvalue weighted by Crippen LogP contribution is -2.05. The van der Waals surface area contributed by atoms with Crippen LogP contribution in [0.1, 0.15) is 55.6 Å². The van der Waals surface area contributed by atoms with Gasteiger partial charge < -0.3 is 9.13 Å². The molecule has 0 radical (unpaired) electrons. The van der Waals surface area contributed by atoms with E-state index in [1.807, 2.05) is 18.2 Å². The Kier molecular flexibility index (Phi) is 11.0. The van der Waals surface area contributed by atoms with E-state index in [0.717, 1.165) is 111 Å². The summed E-state index contributed by atoms with van der Waals surface area (Å²) in [7, 11) is 0. The predicted octanol–water partition coefficient (Wildman–Crippen LogP) is 18.4. The molecular weight excluding hydrogens is 897 g/mol. The molecule has 12 rings (SSSR count). The van der Waals surface area contributed by atoms with Crippen molar-refractivity contribution >= 4 is 43.6 Å². The fourth-order valence-electron chi connectivity index (χ4n) is 11.9. The number of benzene rings is 10. The third-order valence-electron chi connectivity index (χ3n) is 14.8. The Balaban J connectivity index is 1.24. The van der Waals surface area contributed by atoms with Crippen LogP contribution in [0, 0.1) is 78.1 Å². The van der Waals surface area contributed by atoms with E-state index in [1.165, 1.54) is 44.5 Å². The van der Waals surface area contributed by atoms with Crippen LogP contribution in [0.25, 0.3) is 111 Å². The molecule has 0 atom stereocenters. The van der Waals surface area contributed by atoms with E-state index in [2.05, 4.69) is 240 Å². The molecular formula is C70H54N4. The van der Waals surface area contributed by atoms with Crippen molar-refractivity contribution in [2.24, 2.45) is 0 Å². The van der Waals surface area contributed by atoms with Gasteiger partial charge in [0.1, 0.15) is 11.6 Å². The lowest BCUT2D eigenvalue weighted by molar-refractivity contribution is 1.12. The monoisotopic (exact) mass is 950 g/mol. The Morgan fingerprint density at radius 3 is 0.838 bits per heavy atom. The van der Waals surface area contributed by atoms with E-state index >= 15 is 0 Å². The van der Waals surface area contributed by atoms with Gasteiger partial charge in [0, 0.05) is 21.5 Å². The number of nitriles is 2. The Hall–Kier alpha value is -9.22. The summed E-state index contributed by atoms with van der Waals surface area (Å²) in [5.41, 5.74) is 27.0. The van der Waals surface area contributed by atoms with Crippen molar-refractivity contribution in [1.82, 2.24) is 9.13 Å². The molecule has 0 N–H and O–H groups in total. The second-order valence-electron chi connectivity index (χ2n) is 20.8. The fraction of sp³-hybridized carbons (Fsp3) is 0.114. The Morgan fingerprint density at radius 2 is 0.554 bits per heavy atom. The minimum absolute atomic E-state index is 0.532. The molecule has 0 saturated heterocycles. The Morgan fingerprint density at radius 1 is 0.270 bits per heavy atom. The van der Waals surface area contributed by atoms with Gasteiger partial charge >= 0.3 is 0 Å². The molecule has 2 aromatic heterocycles.